The van der Waals surface area contributed by atoms with E-state index in [9.17, 15) is 10.2 Å². The molecule has 2 heteroatoms. The highest BCUT2D eigenvalue weighted by molar-refractivity contribution is 5.52. The average Bonchev–Trinajstić information content (AvgIpc) is 2.08. The molecule has 1 rings (SSSR count). The minimum atomic E-state index is 0.00435. The topological polar surface area (TPSA) is 40.5 Å². The minimum Gasteiger partial charge on any atom is -0.504 e. The summed E-state index contributed by atoms with van der Waals surface area (Å²) in [7, 11) is 0. The predicted octanol–water partition coefficient (Wildman–Crippen LogP) is 2.28. The van der Waals surface area contributed by atoms with E-state index in [0.717, 1.165) is 23.1 Å². The summed E-state index contributed by atoms with van der Waals surface area (Å²) < 4.78 is 0. The molecule has 0 aromatic heterocycles. The highest BCUT2D eigenvalue weighted by atomic mass is 16.3. The van der Waals surface area contributed by atoms with E-state index < -0.39 is 0 Å². The number of aryl methyl sites for hydroxylation is 2. The first-order chi connectivity index (χ1) is 5.57. The number of hydrogen-bond donors (Lipinski definition) is 2. The van der Waals surface area contributed by atoms with Crippen molar-refractivity contribution < 1.29 is 10.2 Å². The van der Waals surface area contributed by atoms with Crippen molar-refractivity contribution in [1.82, 2.24) is 0 Å². The zero-order valence-electron chi connectivity index (χ0n) is 7.68. The van der Waals surface area contributed by atoms with Crippen molar-refractivity contribution in [1.29, 1.82) is 0 Å². The normalized spacial score (nSPS) is 10.2. The van der Waals surface area contributed by atoms with E-state index in [1.807, 2.05) is 19.9 Å². The second-order valence-electron chi connectivity index (χ2n) is 3.03. The maximum absolute atomic E-state index is 9.45. The largest absolute Gasteiger partial charge is 0.504 e. The Morgan fingerprint density at radius 3 is 2.25 bits per heavy atom. The van der Waals surface area contributed by atoms with Gasteiger partial charge in [-0.3, -0.25) is 0 Å². The van der Waals surface area contributed by atoms with Crippen molar-refractivity contribution in [3.63, 3.8) is 0 Å². The van der Waals surface area contributed by atoms with Crippen LogP contribution in [0.2, 0.25) is 0 Å². The molecule has 1 aromatic carbocycles. The van der Waals surface area contributed by atoms with Gasteiger partial charge in [-0.1, -0.05) is 13.0 Å². The molecule has 0 saturated heterocycles. The zero-order valence-corrected chi connectivity index (χ0v) is 7.68. The van der Waals surface area contributed by atoms with Gasteiger partial charge in [0.15, 0.2) is 11.5 Å². The van der Waals surface area contributed by atoms with Crippen LogP contribution in [-0.4, -0.2) is 10.2 Å². The number of aromatic hydroxyl groups is 2. The van der Waals surface area contributed by atoms with Gasteiger partial charge in [-0.25, -0.2) is 0 Å². The molecule has 0 unspecified atom stereocenters. The van der Waals surface area contributed by atoms with E-state index in [1.54, 1.807) is 6.92 Å². The Balaban J connectivity index is 3.39. The maximum atomic E-state index is 9.45. The van der Waals surface area contributed by atoms with Crippen LogP contribution in [-0.2, 0) is 6.42 Å². The van der Waals surface area contributed by atoms with E-state index in [0.29, 0.717) is 0 Å². The molecule has 12 heavy (non-hydrogen) atoms. The van der Waals surface area contributed by atoms with Gasteiger partial charge in [0.1, 0.15) is 0 Å². The molecule has 0 fully saturated rings. The van der Waals surface area contributed by atoms with E-state index in [1.165, 1.54) is 0 Å². The molecule has 0 aliphatic carbocycles. The summed E-state index contributed by atoms with van der Waals surface area (Å²) in [5, 5.41) is 18.8. The second kappa shape index (κ2) is 3.05. The monoisotopic (exact) mass is 166 g/mol. The molecular weight excluding hydrogens is 152 g/mol. The number of benzene rings is 1. The molecule has 2 nitrogen and oxygen atoms in total. The summed E-state index contributed by atoms with van der Waals surface area (Å²) in [6.45, 7) is 5.62. The molecule has 0 saturated carbocycles. The Kier molecular flexibility index (Phi) is 2.27. The Morgan fingerprint density at radius 2 is 1.75 bits per heavy atom. The quantitative estimate of drug-likeness (QED) is 0.628. The third-order valence-corrected chi connectivity index (χ3v) is 2.21. The van der Waals surface area contributed by atoms with Crippen molar-refractivity contribution >= 4 is 0 Å². The van der Waals surface area contributed by atoms with Crippen molar-refractivity contribution in [2.24, 2.45) is 0 Å². The fourth-order valence-electron chi connectivity index (χ4n) is 1.32. The van der Waals surface area contributed by atoms with Crippen LogP contribution >= 0.6 is 0 Å². The molecule has 0 bridgehead atoms. The summed E-state index contributed by atoms with van der Waals surface area (Å²) in [5.41, 5.74) is 2.60. The predicted molar refractivity (Wildman–Crippen MR) is 48.6 cm³/mol. The Bertz CT molecular complexity index is 303. The first kappa shape index (κ1) is 8.91. The van der Waals surface area contributed by atoms with Gasteiger partial charge in [0.2, 0.25) is 0 Å². The standard InChI is InChI=1S/C10H14O2/c1-4-8-5-6(2)9(11)10(12)7(8)3/h5,11-12H,4H2,1-3H3. The van der Waals surface area contributed by atoms with Gasteiger partial charge >= 0.3 is 0 Å². The highest BCUT2D eigenvalue weighted by Gasteiger charge is 2.09. The van der Waals surface area contributed by atoms with Crippen LogP contribution in [0.5, 0.6) is 11.5 Å². The Morgan fingerprint density at radius 1 is 1.17 bits per heavy atom. The average molecular weight is 166 g/mol. The minimum absolute atomic E-state index is 0.00435. The fourth-order valence-corrected chi connectivity index (χ4v) is 1.32. The summed E-state index contributed by atoms with van der Waals surface area (Å²) in [4.78, 5) is 0. The number of phenolic OH excluding ortho intramolecular Hbond substituents is 2. The number of hydrogen-bond acceptors (Lipinski definition) is 2. The lowest BCUT2D eigenvalue weighted by molar-refractivity contribution is 0.398. The summed E-state index contributed by atoms with van der Waals surface area (Å²) in [5.74, 6) is 0.0246. The van der Waals surface area contributed by atoms with Gasteiger partial charge in [-0.2, -0.15) is 0 Å². The third kappa shape index (κ3) is 1.24. The van der Waals surface area contributed by atoms with E-state index in [4.69, 9.17) is 0 Å². The summed E-state index contributed by atoms with van der Waals surface area (Å²) in [6.07, 6.45) is 0.876. The Labute approximate surface area is 72.5 Å². The van der Waals surface area contributed by atoms with Crippen molar-refractivity contribution in [2.75, 3.05) is 0 Å². The number of phenols is 2. The van der Waals surface area contributed by atoms with Gasteiger partial charge in [0.25, 0.3) is 0 Å². The fraction of sp³-hybridized carbons (Fsp3) is 0.400. The van der Waals surface area contributed by atoms with Gasteiger partial charge in [0.05, 0.1) is 0 Å². The zero-order chi connectivity index (χ0) is 9.30. The van der Waals surface area contributed by atoms with Crippen LogP contribution in [0, 0.1) is 13.8 Å². The lowest BCUT2D eigenvalue weighted by atomic mass is 10.0. The number of rotatable bonds is 1. The molecule has 0 radical (unpaired) electrons. The maximum Gasteiger partial charge on any atom is 0.160 e. The SMILES string of the molecule is CCc1cc(C)c(O)c(O)c1C. The second-order valence-corrected chi connectivity index (χ2v) is 3.03. The smallest absolute Gasteiger partial charge is 0.160 e. The highest BCUT2D eigenvalue weighted by Crippen LogP contribution is 2.34. The van der Waals surface area contributed by atoms with Gasteiger partial charge in [0, 0.05) is 0 Å². The molecule has 0 aliphatic heterocycles. The summed E-state index contributed by atoms with van der Waals surface area (Å²) in [6, 6.07) is 1.91. The molecule has 0 amide bonds. The molecule has 0 heterocycles. The lowest BCUT2D eigenvalue weighted by Gasteiger charge is -2.09. The first-order valence-corrected chi connectivity index (χ1v) is 4.09. The molecule has 66 valence electrons. The van der Waals surface area contributed by atoms with E-state index >= 15 is 0 Å². The van der Waals surface area contributed by atoms with Crippen LogP contribution < -0.4 is 0 Å². The molecule has 0 aliphatic rings. The van der Waals surface area contributed by atoms with Crippen LogP contribution in [0.4, 0.5) is 0 Å². The molecule has 0 atom stereocenters. The lowest BCUT2D eigenvalue weighted by Crippen LogP contribution is -1.89. The van der Waals surface area contributed by atoms with E-state index in [-0.39, 0.29) is 11.5 Å². The summed E-state index contributed by atoms with van der Waals surface area (Å²) >= 11 is 0. The molecular formula is C10H14O2. The Hall–Kier alpha value is -1.18. The third-order valence-electron chi connectivity index (χ3n) is 2.21. The van der Waals surface area contributed by atoms with Crippen molar-refractivity contribution in [3.8, 4) is 11.5 Å². The van der Waals surface area contributed by atoms with Crippen molar-refractivity contribution in [2.45, 2.75) is 27.2 Å². The van der Waals surface area contributed by atoms with Crippen LogP contribution in [0.25, 0.3) is 0 Å². The van der Waals surface area contributed by atoms with E-state index in [2.05, 4.69) is 0 Å². The van der Waals surface area contributed by atoms with Crippen molar-refractivity contribution in [3.05, 3.63) is 22.8 Å². The molecule has 0 spiro atoms. The van der Waals surface area contributed by atoms with Gasteiger partial charge in [-0.05, 0) is 37.0 Å². The molecule has 2 N–H and O–H groups in total. The first-order valence-electron chi connectivity index (χ1n) is 4.09. The van der Waals surface area contributed by atoms with Crippen LogP contribution in [0.1, 0.15) is 23.6 Å². The van der Waals surface area contributed by atoms with Crippen LogP contribution in [0.15, 0.2) is 6.07 Å². The molecule has 1 aromatic rings. The van der Waals surface area contributed by atoms with Gasteiger partial charge in [-0.15, -0.1) is 0 Å². The van der Waals surface area contributed by atoms with Gasteiger partial charge < -0.3 is 10.2 Å². The van der Waals surface area contributed by atoms with Crippen LogP contribution in [0.3, 0.4) is 0 Å².